The molecule has 0 aromatic carbocycles. The first-order chi connectivity index (χ1) is 10.5. The molecule has 120 valence electrons. The van der Waals surface area contributed by atoms with Gasteiger partial charge in [0.15, 0.2) is 11.6 Å². The van der Waals surface area contributed by atoms with Crippen LogP contribution in [-0.2, 0) is 29.2 Å². The van der Waals surface area contributed by atoms with Gasteiger partial charge >= 0.3 is 0 Å². The molecule has 1 aromatic heterocycles. The zero-order valence-corrected chi connectivity index (χ0v) is 12.9. The van der Waals surface area contributed by atoms with E-state index in [0.717, 1.165) is 11.6 Å². The molecule has 1 fully saturated rings. The Labute approximate surface area is 128 Å². The van der Waals surface area contributed by atoms with E-state index in [-0.39, 0.29) is 23.8 Å². The molecule has 0 spiro atoms. The molecule has 2 heterocycles. The van der Waals surface area contributed by atoms with E-state index in [0.29, 0.717) is 39.0 Å². The van der Waals surface area contributed by atoms with Crippen molar-refractivity contribution in [2.45, 2.75) is 45.5 Å². The van der Waals surface area contributed by atoms with Crippen LogP contribution >= 0.6 is 0 Å². The van der Waals surface area contributed by atoms with Gasteiger partial charge in [-0.1, -0.05) is 0 Å². The van der Waals surface area contributed by atoms with E-state index in [1.807, 2.05) is 4.57 Å². The second-order valence-electron chi connectivity index (χ2n) is 6.14. The predicted molar refractivity (Wildman–Crippen MR) is 76.3 cm³/mol. The van der Waals surface area contributed by atoms with Crippen LogP contribution in [0.3, 0.4) is 0 Å². The predicted octanol–water partition coefficient (Wildman–Crippen LogP) is -0.630. The van der Waals surface area contributed by atoms with E-state index < -0.39 is 0 Å². The van der Waals surface area contributed by atoms with Crippen LogP contribution in [0.2, 0.25) is 0 Å². The average Bonchev–Trinajstić information content (AvgIpc) is 2.85. The lowest BCUT2D eigenvalue weighted by molar-refractivity contribution is -0.143. The fraction of sp³-hybridized carbons (Fsp3) is 0.714. The van der Waals surface area contributed by atoms with Crippen LogP contribution in [0.1, 0.15) is 31.4 Å². The zero-order chi connectivity index (χ0) is 15.9. The van der Waals surface area contributed by atoms with Crippen molar-refractivity contribution in [3.63, 3.8) is 0 Å². The van der Waals surface area contributed by atoms with Gasteiger partial charge < -0.3 is 19.5 Å². The molecule has 22 heavy (non-hydrogen) atoms. The Morgan fingerprint density at radius 1 is 1.32 bits per heavy atom. The summed E-state index contributed by atoms with van der Waals surface area (Å²) in [6.45, 7) is 3.64. The third-order valence-corrected chi connectivity index (χ3v) is 4.52. The normalized spacial score (nSPS) is 23.7. The molecule has 3 rings (SSSR count). The lowest BCUT2D eigenvalue weighted by Gasteiger charge is -2.36. The molecule has 0 bridgehead atoms. The first-order valence-electron chi connectivity index (χ1n) is 7.55. The van der Waals surface area contributed by atoms with Crippen LogP contribution in [0.25, 0.3) is 0 Å². The highest BCUT2D eigenvalue weighted by molar-refractivity contribution is 5.79. The van der Waals surface area contributed by atoms with Crippen molar-refractivity contribution >= 4 is 11.8 Å². The molecule has 1 aliphatic carbocycles. The van der Waals surface area contributed by atoms with Crippen molar-refractivity contribution in [2.75, 3.05) is 13.6 Å². The minimum Gasteiger partial charge on any atom is -0.393 e. The molecule has 2 amide bonds. The van der Waals surface area contributed by atoms with Crippen LogP contribution in [0.4, 0.5) is 0 Å². The maximum absolute atomic E-state index is 12.3. The summed E-state index contributed by atoms with van der Waals surface area (Å²) in [6, 6.07) is 0. The van der Waals surface area contributed by atoms with Crippen molar-refractivity contribution in [3.05, 3.63) is 11.6 Å². The maximum Gasteiger partial charge on any atom is 0.226 e. The maximum atomic E-state index is 12.3. The standard InChI is InChI=1S/C14H21N5O3/c1-9(20)17(2)7-12-15-16-13-8-18(3-4-19(12)13)14(22)10-5-11(21)6-10/h10-11,21H,3-8H2,1-2H3. The summed E-state index contributed by atoms with van der Waals surface area (Å²) < 4.78 is 1.98. The summed E-state index contributed by atoms with van der Waals surface area (Å²) >= 11 is 0. The second-order valence-corrected chi connectivity index (χ2v) is 6.14. The average molecular weight is 307 g/mol. The van der Waals surface area contributed by atoms with Gasteiger partial charge in [0, 0.05) is 33.0 Å². The molecule has 0 atom stereocenters. The Bertz CT molecular complexity index is 593. The Morgan fingerprint density at radius 3 is 2.68 bits per heavy atom. The third kappa shape index (κ3) is 2.70. The van der Waals surface area contributed by atoms with Crippen LogP contribution in [0.15, 0.2) is 0 Å². The van der Waals surface area contributed by atoms with E-state index in [1.165, 1.54) is 6.92 Å². The van der Waals surface area contributed by atoms with E-state index in [4.69, 9.17) is 0 Å². The summed E-state index contributed by atoms with van der Waals surface area (Å²) in [5.41, 5.74) is 0. The molecule has 0 radical (unpaired) electrons. The number of amides is 2. The zero-order valence-electron chi connectivity index (χ0n) is 12.9. The van der Waals surface area contributed by atoms with Gasteiger partial charge in [0.25, 0.3) is 0 Å². The number of carbonyl (C=O) groups is 2. The molecule has 2 aliphatic rings. The molecule has 1 aliphatic heterocycles. The van der Waals surface area contributed by atoms with Crippen molar-refractivity contribution in [1.29, 1.82) is 0 Å². The smallest absolute Gasteiger partial charge is 0.226 e. The number of carbonyl (C=O) groups excluding carboxylic acids is 2. The molecule has 1 aromatic rings. The largest absolute Gasteiger partial charge is 0.393 e. The van der Waals surface area contributed by atoms with Crippen LogP contribution in [0, 0.1) is 5.92 Å². The topological polar surface area (TPSA) is 91.6 Å². The van der Waals surface area contributed by atoms with E-state index in [9.17, 15) is 14.7 Å². The monoisotopic (exact) mass is 307 g/mol. The number of hydrogen-bond acceptors (Lipinski definition) is 5. The van der Waals surface area contributed by atoms with E-state index >= 15 is 0 Å². The molecule has 8 nitrogen and oxygen atoms in total. The van der Waals surface area contributed by atoms with Gasteiger partial charge in [-0.2, -0.15) is 0 Å². The van der Waals surface area contributed by atoms with Gasteiger partial charge in [0.05, 0.1) is 19.2 Å². The highest BCUT2D eigenvalue weighted by atomic mass is 16.3. The fourth-order valence-electron chi connectivity index (χ4n) is 2.89. The van der Waals surface area contributed by atoms with Gasteiger partial charge in [-0.25, -0.2) is 0 Å². The van der Waals surface area contributed by atoms with Crippen molar-refractivity contribution in [1.82, 2.24) is 24.6 Å². The number of nitrogens with zero attached hydrogens (tertiary/aromatic N) is 5. The highest BCUT2D eigenvalue weighted by Gasteiger charge is 2.37. The van der Waals surface area contributed by atoms with Crippen molar-refractivity contribution in [2.24, 2.45) is 5.92 Å². The van der Waals surface area contributed by atoms with Gasteiger partial charge in [-0.3, -0.25) is 9.59 Å². The number of aliphatic hydroxyl groups is 1. The third-order valence-electron chi connectivity index (χ3n) is 4.52. The number of aliphatic hydroxyl groups excluding tert-OH is 1. The molecule has 1 saturated carbocycles. The minimum absolute atomic E-state index is 0.0199. The van der Waals surface area contributed by atoms with Gasteiger partial charge in [-0.15, -0.1) is 10.2 Å². The van der Waals surface area contributed by atoms with Crippen LogP contribution in [-0.4, -0.2) is 61.2 Å². The lowest BCUT2D eigenvalue weighted by atomic mass is 9.81. The fourth-order valence-corrected chi connectivity index (χ4v) is 2.89. The number of rotatable bonds is 3. The van der Waals surface area contributed by atoms with Gasteiger partial charge in [0.1, 0.15) is 0 Å². The van der Waals surface area contributed by atoms with Crippen molar-refractivity contribution in [3.8, 4) is 0 Å². The first-order valence-corrected chi connectivity index (χ1v) is 7.55. The molecule has 0 unspecified atom stereocenters. The number of hydrogen-bond donors (Lipinski definition) is 1. The highest BCUT2D eigenvalue weighted by Crippen LogP contribution is 2.30. The summed E-state index contributed by atoms with van der Waals surface area (Å²) in [7, 11) is 1.73. The lowest BCUT2D eigenvalue weighted by Crippen LogP contribution is -2.46. The molecule has 8 heteroatoms. The Hall–Kier alpha value is -1.96. The quantitative estimate of drug-likeness (QED) is 0.803. The van der Waals surface area contributed by atoms with Crippen molar-refractivity contribution < 1.29 is 14.7 Å². The Kier molecular flexibility index (Phi) is 3.86. The molecule has 1 N–H and O–H groups in total. The second kappa shape index (κ2) is 5.68. The summed E-state index contributed by atoms with van der Waals surface area (Å²) in [5.74, 6) is 1.54. The first kappa shape index (κ1) is 15.0. The Morgan fingerprint density at radius 2 is 2.05 bits per heavy atom. The van der Waals surface area contributed by atoms with Crippen LogP contribution in [0.5, 0.6) is 0 Å². The van der Waals surface area contributed by atoms with E-state index in [2.05, 4.69) is 10.2 Å². The molecule has 0 saturated heterocycles. The SMILES string of the molecule is CC(=O)N(C)Cc1nnc2n1CCN(C(=O)C1CC(O)C1)C2. The van der Waals surface area contributed by atoms with Crippen LogP contribution < -0.4 is 0 Å². The Balaban J connectivity index is 1.66. The van der Waals surface area contributed by atoms with Gasteiger partial charge in [-0.05, 0) is 12.8 Å². The number of fused-ring (bicyclic) bond motifs is 1. The van der Waals surface area contributed by atoms with E-state index in [1.54, 1.807) is 16.8 Å². The molecular weight excluding hydrogens is 286 g/mol. The summed E-state index contributed by atoms with van der Waals surface area (Å²) in [5, 5.41) is 17.6. The van der Waals surface area contributed by atoms with Gasteiger partial charge in [0.2, 0.25) is 11.8 Å². The minimum atomic E-state index is -0.323. The molecular formula is C14H21N5O3. The summed E-state index contributed by atoms with van der Waals surface area (Å²) in [4.78, 5) is 27.0. The number of aromatic nitrogens is 3. The summed E-state index contributed by atoms with van der Waals surface area (Å²) in [6.07, 6.45) is 0.809.